The summed E-state index contributed by atoms with van der Waals surface area (Å²) in [5, 5.41) is 6.81. The molecule has 2 aromatic carbocycles. The zero-order valence-corrected chi connectivity index (χ0v) is 9.97. The van der Waals surface area contributed by atoms with Crippen LogP contribution in [0.25, 0.3) is 22.8 Å². The van der Waals surface area contributed by atoms with E-state index in [9.17, 15) is 4.39 Å². The Morgan fingerprint density at radius 3 is 2.37 bits per heavy atom. The molecular formula is C14H11FN4. The fourth-order valence-electron chi connectivity index (χ4n) is 1.86. The molecule has 0 atom stereocenters. The predicted molar refractivity (Wildman–Crippen MR) is 71.6 cm³/mol. The van der Waals surface area contributed by atoms with Crippen molar-refractivity contribution in [2.75, 3.05) is 5.73 Å². The van der Waals surface area contributed by atoms with E-state index < -0.39 is 0 Å². The highest BCUT2D eigenvalue weighted by molar-refractivity contribution is 5.72. The highest BCUT2D eigenvalue weighted by Gasteiger charge is 2.12. The van der Waals surface area contributed by atoms with Gasteiger partial charge in [0, 0.05) is 11.3 Å². The Morgan fingerprint density at radius 2 is 1.63 bits per heavy atom. The van der Waals surface area contributed by atoms with Gasteiger partial charge in [-0.15, -0.1) is 0 Å². The number of benzene rings is 2. The van der Waals surface area contributed by atoms with Crippen molar-refractivity contribution >= 4 is 5.69 Å². The second-order valence-electron chi connectivity index (χ2n) is 4.07. The molecule has 0 radical (unpaired) electrons. The van der Waals surface area contributed by atoms with Gasteiger partial charge < -0.3 is 5.73 Å². The number of H-pyrrole nitrogens is 1. The monoisotopic (exact) mass is 254 g/mol. The van der Waals surface area contributed by atoms with Crippen LogP contribution in [-0.4, -0.2) is 15.2 Å². The SMILES string of the molecule is Nc1ccccc1-c1n[nH]c(-c2ccccc2F)n1. The number of hydrogen-bond donors (Lipinski definition) is 2. The van der Waals surface area contributed by atoms with E-state index in [1.807, 2.05) is 18.2 Å². The molecule has 0 aliphatic heterocycles. The van der Waals surface area contributed by atoms with E-state index in [1.165, 1.54) is 6.07 Å². The number of nitrogen functional groups attached to an aromatic ring is 1. The summed E-state index contributed by atoms with van der Waals surface area (Å²) in [7, 11) is 0. The zero-order chi connectivity index (χ0) is 13.2. The second-order valence-corrected chi connectivity index (χ2v) is 4.07. The van der Waals surface area contributed by atoms with Gasteiger partial charge in [0.2, 0.25) is 0 Å². The van der Waals surface area contributed by atoms with E-state index in [2.05, 4.69) is 15.2 Å². The van der Waals surface area contributed by atoms with Gasteiger partial charge in [0.25, 0.3) is 0 Å². The van der Waals surface area contributed by atoms with Crippen molar-refractivity contribution < 1.29 is 4.39 Å². The van der Waals surface area contributed by atoms with Gasteiger partial charge in [-0.2, -0.15) is 5.10 Å². The number of aromatic amines is 1. The fourth-order valence-corrected chi connectivity index (χ4v) is 1.86. The van der Waals surface area contributed by atoms with Crippen molar-refractivity contribution in [2.24, 2.45) is 0 Å². The van der Waals surface area contributed by atoms with Crippen LogP contribution >= 0.6 is 0 Å². The number of hydrogen-bond acceptors (Lipinski definition) is 3. The van der Waals surface area contributed by atoms with Gasteiger partial charge >= 0.3 is 0 Å². The molecule has 1 heterocycles. The molecule has 1 aromatic heterocycles. The van der Waals surface area contributed by atoms with Crippen LogP contribution in [0.5, 0.6) is 0 Å². The van der Waals surface area contributed by atoms with Gasteiger partial charge in [0.15, 0.2) is 11.6 Å². The summed E-state index contributed by atoms with van der Waals surface area (Å²) >= 11 is 0. The lowest BCUT2D eigenvalue weighted by molar-refractivity contribution is 0.630. The fraction of sp³-hybridized carbons (Fsp3) is 0. The zero-order valence-electron chi connectivity index (χ0n) is 9.97. The summed E-state index contributed by atoms with van der Waals surface area (Å²) in [6.45, 7) is 0. The number of aromatic nitrogens is 3. The molecule has 0 aliphatic carbocycles. The molecule has 0 fully saturated rings. The quantitative estimate of drug-likeness (QED) is 0.691. The first-order valence-electron chi connectivity index (χ1n) is 5.78. The first-order valence-corrected chi connectivity index (χ1v) is 5.78. The van der Waals surface area contributed by atoms with Gasteiger partial charge in [-0.3, -0.25) is 5.10 Å². The lowest BCUT2D eigenvalue weighted by atomic mass is 10.1. The van der Waals surface area contributed by atoms with Crippen LogP contribution in [0.4, 0.5) is 10.1 Å². The van der Waals surface area contributed by atoms with Crippen LogP contribution in [0.1, 0.15) is 0 Å². The molecule has 0 aliphatic rings. The molecule has 5 heteroatoms. The number of nitrogens with one attached hydrogen (secondary N) is 1. The number of para-hydroxylation sites is 1. The normalized spacial score (nSPS) is 10.6. The van der Waals surface area contributed by atoms with Gasteiger partial charge in [-0.25, -0.2) is 9.37 Å². The Labute approximate surface area is 109 Å². The van der Waals surface area contributed by atoms with Crippen molar-refractivity contribution in [3.05, 3.63) is 54.3 Å². The Hall–Kier alpha value is -2.69. The Morgan fingerprint density at radius 1 is 0.947 bits per heavy atom. The van der Waals surface area contributed by atoms with E-state index in [-0.39, 0.29) is 5.82 Å². The molecule has 3 rings (SSSR count). The Bertz CT molecular complexity index is 661. The first-order chi connectivity index (χ1) is 9.25. The maximum Gasteiger partial charge on any atom is 0.183 e. The average molecular weight is 254 g/mol. The van der Waals surface area contributed by atoms with Crippen molar-refractivity contribution in [3.63, 3.8) is 0 Å². The summed E-state index contributed by atoms with van der Waals surface area (Å²) in [6, 6.07) is 13.7. The lowest BCUT2D eigenvalue weighted by Gasteiger charge is -1.99. The maximum absolute atomic E-state index is 13.7. The van der Waals surface area contributed by atoms with Gasteiger partial charge in [0.05, 0.1) is 5.56 Å². The summed E-state index contributed by atoms with van der Waals surface area (Å²) in [5.74, 6) is 0.499. The molecule has 0 saturated heterocycles. The van der Waals surface area contributed by atoms with E-state index in [0.29, 0.717) is 22.9 Å². The predicted octanol–water partition coefficient (Wildman–Crippen LogP) is 2.86. The number of anilines is 1. The first kappa shape index (κ1) is 11.4. The van der Waals surface area contributed by atoms with E-state index >= 15 is 0 Å². The van der Waals surface area contributed by atoms with E-state index in [1.54, 1.807) is 24.3 Å². The molecule has 94 valence electrons. The minimum Gasteiger partial charge on any atom is -0.398 e. The summed E-state index contributed by atoms with van der Waals surface area (Å²) in [5.41, 5.74) is 7.56. The smallest absolute Gasteiger partial charge is 0.183 e. The number of nitrogens with two attached hydrogens (primary N) is 1. The maximum atomic E-state index is 13.7. The number of halogens is 1. The van der Waals surface area contributed by atoms with Crippen LogP contribution in [-0.2, 0) is 0 Å². The molecule has 0 amide bonds. The minimum atomic E-state index is -0.341. The molecular weight excluding hydrogens is 243 g/mol. The number of nitrogens with zero attached hydrogens (tertiary/aromatic N) is 2. The third-order valence-corrected chi connectivity index (χ3v) is 2.82. The van der Waals surface area contributed by atoms with Crippen molar-refractivity contribution in [1.29, 1.82) is 0 Å². The largest absolute Gasteiger partial charge is 0.398 e. The third kappa shape index (κ3) is 2.06. The summed E-state index contributed by atoms with van der Waals surface area (Å²) in [4.78, 5) is 4.29. The van der Waals surface area contributed by atoms with E-state index in [0.717, 1.165) is 5.56 Å². The topological polar surface area (TPSA) is 67.6 Å². The second kappa shape index (κ2) is 4.53. The molecule has 3 N–H and O–H groups in total. The standard InChI is InChI=1S/C14H11FN4/c15-11-7-3-1-5-9(11)13-17-14(19-18-13)10-6-2-4-8-12(10)16/h1-8H,16H2,(H,17,18,19). The van der Waals surface area contributed by atoms with Gasteiger partial charge in [-0.05, 0) is 24.3 Å². The number of rotatable bonds is 2. The molecule has 0 bridgehead atoms. The Balaban J connectivity index is 2.06. The Kier molecular flexibility index (Phi) is 2.72. The minimum absolute atomic E-state index is 0.341. The van der Waals surface area contributed by atoms with Crippen LogP contribution in [0, 0.1) is 5.82 Å². The molecule has 19 heavy (non-hydrogen) atoms. The van der Waals surface area contributed by atoms with Crippen molar-refractivity contribution in [1.82, 2.24) is 15.2 Å². The van der Waals surface area contributed by atoms with Crippen LogP contribution in [0.15, 0.2) is 48.5 Å². The van der Waals surface area contributed by atoms with Gasteiger partial charge in [-0.1, -0.05) is 24.3 Å². The molecule has 4 nitrogen and oxygen atoms in total. The average Bonchev–Trinajstić information content (AvgIpc) is 2.89. The highest BCUT2D eigenvalue weighted by atomic mass is 19.1. The van der Waals surface area contributed by atoms with Gasteiger partial charge in [0.1, 0.15) is 5.82 Å². The summed E-state index contributed by atoms with van der Waals surface area (Å²) < 4.78 is 13.7. The van der Waals surface area contributed by atoms with Crippen molar-refractivity contribution in [2.45, 2.75) is 0 Å². The molecule has 3 aromatic rings. The van der Waals surface area contributed by atoms with Crippen LogP contribution in [0.3, 0.4) is 0 Å². The molecule has 0 spiro atoms. The summed E-state index contributed by atoms with van der Waals surface area (Å²) in [6.07, 6.45) is 0. The third-order valence-electron chi connectivity index (χ3n) is 2.82. The van der Waals surface area contributed by atoms with Crippen LogP contribution < -0.4 is 5.73 Å². The van der Waals surface area contributed by atoms with E-state index in [4.69, 9.17) is 5.73 Å². The lowest BCUT2D eigenvalue weighted by Crippen LogP contribution is -1.90. The molecule has 0 saturated carbocycles. The van der Waals surface area contributed by atoms with Crippen molar-refractivity contribution in [3.8, 4) is 22.8 Å². The highest BCUT2D eigenvalue weighted by Crippen LogP contribution is 2.25. The molecule has 0 unspecified atom stereocenters. The van der Waals surface area contributed by atoms with Crippen LogP contribution in [0.2, 0.25) is 0 Å².